The van der Waals surface area contributed by atoms with Crippen LogP contribution in [0.4, 0.5) is 4.39 Å². The van der Waals surface area contributed by atoms with Gasteiger partial charge in [0.25, 0.3) is 0 Å². The molecule has 0 aliphatic carbocycles. The maximum Gasteiger partial charge on any atom is 0.488 e. The highest BCUT2D eigenvalue weighted by Crippen LogP contribution is 2.11. The molecule has 0 amide bonds. The van der Waals surface area contributed by atoms with Crippen molar-refractivity contribution in [3.05, 3.63) is 29.6 Å². The third-order valence-electron chi connectivity index (χ3n) is 3.06. The van der Waals surface area contributed by atoms with Crippen molar-refractivity contribution in [1.29, 1.82) is 0 Å². The van der Waals surface area contributed by atoms with Crippen LogP contribution in [0.5, 0.6) is 0 Å². The number of benzene rings is 1. The molecular formula is C13H21BFNO3. The lowest BCUT2D eigenvalue weighted by atomic mass is 9.80. The van der Waals surface area contributed by atoms with Crippen LogP contribution in [-0.2, 0) is 11.3 Å². The van der Waals surface area contributed by atoms with Crippen molar-refractivity contribution in [3.63, 3.8) is 0 Å². The molecule has 1 aromatic carbocycles. The summed E-state index contributed by atoms with van der Waals surface area (Å²) in [7, 11) is -0.00508. The van der Waals surface area contributed by atoms with Crippen molar-refractivity contribution in [2.24, 2.45) is 0 Å². The summed E-state index contributed by atoms with van der Waals surface area (Å²) < 4.78 is 18.9. The van der Waals surface area contributed by atoms with Crippen LogP contribution in [0.1, 0.15) is 19.4 Å². The predicted molar refractivity (Wildman–Crippen MR) is 73.6 cm³/mol. The maximum absolute atomic E-state index is 13.9. The van der Waals surface area contributed by atoms with Crippen LogP contribution in [0.25, 0.3) is 0 Å². The average molecular weight is 269 g/mol. The van der Waals surface area contributed by atoms with Gasteiger partial charge in [-0.1, -0.05) is 12.1 Å². The molecule has 6 heteroatoms. The summed E-state index contributed by atoms with van der Waals surface area (Å²) in [6.45, 7) is 5.86. The van der Waals surface area contributed by atoms with Gasteiger partial charge in [-0.25, -0.2) is 4.39 Å². The van der Waals surface area contributed by atoms with E-state index in [1.807, 2.05) is 13.8 Å². The number of hydrogen-bond acceptors (Lipinski definition) is 4. The Bertz CT molecular complexity index is 401. The first kappa shape index (κ1) is 16.1. The van der Waals surface area contributed by atoms with Gasteiger partial charge in [-0.2, -0.15) is 0 Å². The van der Waals surface area contributed by atoms with Crippen molar-refractivity contribution in [1.82, 2.24) is 4.90 Å². The molecule has 0 bridgehead atoms. The van der Waals surface area contributed by atoms with Crippen molar-refractivity contribution in [3.8, 4) is 0 Å². The normalized spacial score (nSPS) is 11.4. The zero-order valence-corrected chi connectivity index (χ0v) is 11.6. The first-order valence-electron chi connectivity index (χ1n) is 6.33. The van der Waals surface area contributed by atoms with E-state index in [0.29, 0.717) is 18.7 Å². The fraction of sp³-hybridized carbons (Fsp3) is 0.538. The van der Waals surface area contributed by atoms with E-state index in [1.54, 1.807) is 13.2 Å². The molecule has 2 N–H and O–H groups in total. The number of halogens is 1. The number of methoxy groups -OCH3 is 1. The van der Waals surface area contributed by atoms with E-state index in [9.17, 15) is 4.39 Å². The van der Waals surface area contributed by atoms with Gasteiger partial charge in [0, 0.05) is 31.8 Å². The molecule has 0 fully saturated rings. The van der Waals surface area contributed by atoms with Crippen molar-refractivity contribution >= 4 is 12.6 Å². The van der Waals surface area contributed by atoms with E-state index in [2.05, 4.69) is 4.90 Å². The summed E-state index contributed by atoms with van der Waals surface area (Å²) in [6.07, 6.45) is 0. The topological polar surface area (TPSA) is 52.9 Å². The third kappa shape index (κ3) is 4.91. The summed E-state index contributed by atoms with van der Waals surface area (Å²) in [6, 6.07) is 4.55. The molecule has 0 unspecified atom stereocenters. The van der Waals surface area contributed by atoms with Gasteiger partial charge < -0.3 is 14.8 Å². The number of rotatable bonds is 7. The van der Waals surface area contributed by atoms with Gasteiger partial charge in [0.05, 0.1) is 6.61 Å². The highest BCUT2D eigenvalue weighted by atomic mass is 19.1. The Labute approximate surface area is 114 Å². The number of ether oxygens (including phenoxy) is 1. The maximum atomic E-state index is 13.9. The van der Waals surface area contributed by atoms with Crippen molar-refractivity contribution in [2.75, 3.05) is 20.3 Å². The second kappa shape index (κ2) is 7.60. The molecule has 0 spiro atoms. The van der Waals surface area contributed by atoms with E-state index in [1.165, 1.54) is 6.07 Å². The van der Waals surface area contributed by atoms with Crippen LogP contribution in [0, 0.1) is 5.82 Å². The van der Waals surface area contributed by atoms with E-state index < -0.39 is 12.9 Å². The molecule has 0 saturated carbocycles. The lowest BCUT2D eigenvalue weighted by Crippen LogP contribution is -2.34. The van der Waals surface area contributed by atoms with Crippen molar-refractivity contribution in [2.45, 2.75) is 26.4 Å². The van der Waals surface area contributed by atoms with Crippen LogP contribution in [0.3, 0.4) is 0 Å². The zero-order valence-electron chi connectivity index (χ0n) is 11.6. The Hall–Kier alpha value is -0.945. The smallest absolute Gasteiger partial charge is 0.423 e. The van der Waals surface area contributed by atoms with Crippen LogP contribution in [0.2, 0.25) is 0 Å². The second-order valence-electron chi connectivity index (χ2n) is 4.78. The molecule has 19 heavy (non-hydrogen) atoms. The molecule has 1 rings (SSSR count). The lowest BCUT2D eigenvalue weighted by molar-refractivity contribution is 0.124. The minimum absolute atomic E-state index is 0.161. The van der Waals surface area contributed by atoms with Crippen molar-refractivity contribution < 1.29 is 19.2 Å². The van der Waals surface area contributed by atoms with E-state index in [-0.39, 0.29) is 11.5 Å². The Morgan fingerprint density at radius 2 is 2.05 bits per heavy atom. The Morgan fingerprint density at radius 1 is 1.37 bits per heavy atom. The summed E-state index contributed by atoms with van der Waals surface area (Å²) in [5.41, 5.74) is 0.698. The van der Waals surface area contributed by atoms with Gasteiger partial charge in [-0.05, 0) is 25.4 Å². The van der Waals surface area contributed by atoms with Gasteiger partial charge in [-0.3, -0.25) is 4.90 Å². The highest BCUT2D eigenvalue weighted by molar-refractivity contribution is 6.58. The number of nitrogens with zero attached hydrogens (tertiary/aromatic N) is 1. The minimum Gasteiger partial charge on any atom is -0.423 e. The highest BCUT2D eigenvalue weighted by Gasteiger charge is 2.16. The fourth-order valence-electron chi connectivity index (χ4n) is 1.80. The summed E-state index contributed by atoms with van der Waals surface area (Å²) in [5, 5.41) is 18.0. The third-order valence-corrected chi connectivity index (χ3v) is 3.06. The van der Waals surface area contributed by atoms with Gasteiger partial charge in [0.2, 0.25) is 0 Å². The van der Waals surface area contributed by atoms with Crippen LogP contribution in [0.15, 0.2) is 18.2 Å². The molecule has 0 atom stereocenters. The van der Waals surface area contributed by atoms with E-state index >= 15 is 0 Å². The van der Waals surface area contributed by atoms with Crippen LogP contribution in [-0.4, -0.2) is 48.4 Å². The van der Waals surface area contributed by atoms with Gasteiger partial charge in [-0.15, -0.1) is 0 Å². The molecular weight excluding hydrogens is 248 g/mol. The molecule has 4 nitrogen and oxygen atoms in total. The van der Waals surface area contributed by atoms with E-state index in [0.717, 1.165) is 12.6 Å². The first-order chi connectivity index (χ1) is 8.95. The lowest BCUT2D eigenvalue weighted by Gasteiger charge is -2.26. The Morgan fingerprint density at radius 3 is 2.53 bits per heavy atom. The Balaban J connectivity index is 2.79. The molecule has 0 aliphatic rings. The summed E-state index contributed by atoms with van der Waals surface area (Å²) in [5.74, 6) is -0.423. The predicted octanol–water partition coefficient (Wildman–Crippen LogP) is 0.362. The largest absolute Gasteiger partial charge is 0.488 e. The monoisotopic (exact) mass is 269 g/mol. The first-order valence-corrected chi connectivity index (χ1v) is 6.33. The molecule has 0 saturated heterocycles. The summed E-state index contributed by atoms with van der Waals surface area (Å²) in [4.78, 5) is 2.09. The summed E-state index contributed by atoms with van der Waals surface area (Å²) >= 11 is 0. The molecule has 0 aromatic heterocycles. The quantitative estimate of drug-likeness (QED) is 0.702. The van der Waals surface area contributed by atoms with Gasteiger partial charge >= 0.3 is 7.12 Å². The average Bonchev–Trinajstić information content (AvgIpc) is 2.35. The molecule has 0 radical (unpaired) electrons. The van der Waals surface area contributed by atoms with Gasteiger partial charge in [0.15, 0.2) is 0 Å². The van der Waals surface area contributed by atoms with Crippen LogP contribution >= 0.6 is 0 Å². The minimum atomic E-state index is -1.64. The standard InChI is InChI=1S/C13H21BFNO3/c1-10(2)16(6-7-19-3)9-11-4-5-12(14(17)18)8-13(11)15/h4-5,8,10,17-18H,6-7,9H2,1-3H3. The zero-order chi connectivity index (χ0) is 14.4. The SMILES string of the molecule is COCCN(Cc1ccc(B(O)O)cc1F)C(C)C. The molecule has 0 aliphatic heterocycles. The molecule has 1 aromatic rings. The second-order valence-corrected chi connectivity index (χ2v) is 4.78. The Kier molecular flexibility index (Phi) is 6.44. The molecule has 0 heterocycles. The fourth-order valence-corrected chi connectivity index (χ4v) is 1.80. The number of hydrogen-bond donors (Lipinski definition) is 2. The van der Waals surface area contributed by atoms with Crippen LogP contribution < -0.4 is 5.46 Å². The van der Waals surface area contributed by atoms with Gasteiger partial charge in [0.1, 0.15) is 5.82 Å². The molecule has 106 valence electrons. The van der Waals surface area contributed by atoms with E-state index in [4.69, 9.17) is 14.8 Å².